The third-order valence-electron chi connectivity index (χ3n) is 2.27. The zero-order chi connectivity index (χ0) is 11.0. The maximum Gasteiger partial charge on any atom is 0.352 e. The van der Waals surface area contributed by atoms with Crippen molar-refractivity contribution in [1.29, 1.82) is 0 Å². The molecule has 1 N–H and O–H groups in total. The van der Waals surface area contributed by atoms with Crippen LogP contribution in [0, 0.1) is 6.92 Å². The van der Waals surface area contributed by atoms with Crippen LogP contribution in [-0.4, -0.2) is 10.3 Å². The highest BCUT2D eigenvalue weighted by Crippen LogP contribution is 2.33. The number of nitrogens with zero attached hydrogens (tertiary/aromatic N) is 2. The zero-order valence-corrected chi connectivity index (χ0v) is 9.95. The van der Waals surface area contributed by atoms with E-state index in [2.05, 4.69) is 21.1 Å². The lowest BCUT2D eigenvalue weighted by atomic mass is 10.2. The van der Waals surface area contributed by atoms with Gasteiger partial charge in [-0.15, -0.1) is 0 Å². The fraction of sp³-hybridized carbons (Fsp3) is 0.200. The van der Waals surface area contributed by atoms with Crippen molar-refractivity contribution < 1.29 is 14.2 Å². The van der Waals surface area contributed by atoms with Crippen molar-refractivity contribution in [3.05, 3.63) is 28.5 Å². The summed E-state index contributed by atoms with van der Waals surface area (Å²) >= 11 is 3.25. The lowest BCUT2D eigenvalue weighted by molar-refractivity contribution is -0.669. The number of aromatic nitrogens is 2. The molecule has 0 atom stereocenters. The van der Waals surface area contributed by atoms with Gasteiger partial charge in [0.05, 0.1) is 11.5 Å². The number of phenols is 1. The zero-order valence-electron chi connectivity index (χ0n) is 8.36. The summed E-state index contributed by atoms with van der Waals surface area (Å²) in [6.07, 6.45) is 0. The fourth-order valence-corrected chi connectivity index (χ4v) is 1.66. The Labute approximate surface area is 95.3 Å². The Kier molecular flexibility index (Phi) is 2.48. The van der Waals surface area contributed by atoms with Crippen molar-refractivity contribution in [2.45, 2.75) is 6.92 Å². The van der Waals surface area contributed by atoms with Crippen LogP contribution in [0.3, 0.4) is 0 Å². The highest BCUT2D eigenvalue weighted by molar-refractivity contribution is 9.10. The molecule has 0 unspecified atom stereocenters. The van der Waals surface area contributed by atoms with E-state index in [0.29, 0.717) is 15.9 Å². The molecule has 5 heteroatoms. The van der Waals surface area contributed by atoms with E-state index < -0.39 is 0 Å². The Balaban J connectivity index is 2.64. The standard InChI is InChI=1S/C10H9BrN2O2/c1-6-12-15-10(13(6)2)7-4-3-5-8(11)9(7)14/h3-5H,1-2H3/p+1. The average molecular weight is 270 g/mol. The van der Waals surface area contributed by atoms with Crippen molar-refractivity contribution in [1.82, 2.24) is 5.16 Å². The van der Waals surface area contributed by atoms with Gasteiger partial charge < -0.3 is 5.11 Å². The molecule has 2 aromatic rings. The van der Waals surface area contributed by atoms with Crippen LogP contribution in [0.2, 0.25) is 0 Å². The number of benzene rings is 1. The van der Waals surface area contributed by atoms with Gasteiger partial charge in [-0.05, 0) is 28.1 Å². The molecule has 0 spiro atoms. The molecule has 1 aromatic heterocycles. The smallest absolute Gasteiger partial charge is 0.352 e. The molecule has 0 aliphatic carbocycles. The van der Waals surface area contributed by atoms with E-state index >= 15 is 0 Å². The molecule has 0 amide bonds. The fourth-order valence-electron chi connectivity index (χ4n) is 1.30. The number of hydrogen-bond acceptors (Lipinski definition) is 3. The SMILES string of the molecule is Cc1noc(-c2cccc(Br)c2O)[n+]1C. The van der Waals surface area contributed by atoms with Crippen molar-refractivity contribution >= 4 is 15.9 Å². The van der Waals surface area contributed by atoms with E-state index in [1.807, 2.05) is 20.0 Å². The predicted octanol–water partition coefficient (Wildman–Crippen LogP) is 1.94. The Morgan fingerprint density at radius 3 is 2.80 bits per heavy atom. The number of halogens is 1. The number of aryl methyl sites for hydroxylation is 1. The number of aromatic hydroxyl groups is 1. The average Bonchev–Trinajstić information content (AvgIpc) is 2.53. The van der Waals surface area contributed by atoms with Crippen LogP contribution in [0.1, 0.15) is 5.82 Å². The molecule has 4 nitrogen and oxygen atoms in total. The Bertz CT molecular complexity index is 508. The molecule has 1 aromatic carbocycles. The van der Waals surface area contributed by atoms with Gasteiger partial charge in [0.1, 0.15) is 11.3 Å². The van der Waals surface area contributed by atoms with Crippen LogP contribution >= 0.6 is 15.9 Å². The summed E-state index contributed by atoms with van der Waals surface area (Å²) in [6.45, 7) is 1.84. The summed E-state index contributed by atoms with van der Waals surface area (Å²) in [5, 5.41) is 13.7. The first-order valence-corrected chi connectivity index (χ1v) is 5.20. The van der Waals surface area contributed by atoms with Gasteiger partial charge in [0, 0.05) is 6.92 Å². The van der Waals surface area contributed by atoms with Crippen molar-refractivity contribution in [3.8, 4) is 17.2 Å². The molecule has 78 valence electrons. The van der Waals surface area contributed by atoms with Gasteiger partial charge in [-0.3, -0.25) is 0 Å². The third kappa shape index (κ3) is 1.63. The van der Waals surface area contributed by atoms with Crippen LogP contribution in [0.4, 0.5) is 0 Å². The first kappa shape index (κ1) is 10.2. The van der Waals surface area contributed by atoms with Crippen LogP contribution in [0.5, 0.6) is 5.75 Å². The van der Waals surface area contributed by atoms with E-state index in [4.69, 9.17) is 4.52 Å². The van der Waals surface area contributed by atoms with Crippen molar-refractivity contribution in [3.63, 3.8) is 0 Å². The predicted molar refractivity (Wildman–Crippen MR) is 57.2 cm³/mol. The van der Waals surface area contributed by atoms with Gasteiger partial charge in [-0.2, -0.15) is 4.57 Å². The van der Waals surface area contributed by atoms with Crippen LogP contribution in [-0.2, 0) is 7.05 Å². The topological polar surface area (TPSA) is 50.1 Å². The summed E-state index contributed by atoms with van der Waals surface area (Å²) in [7, 11) is 1.83. The van der Waals surface area contributed by atoms with Crippen molar-refractivity contribution in [2.24, 2.45) is 7.05 Å². The molecule has 1 heterocycles. The Morgan fingerprint density at radius 1 is 1.47 bits per heavy atom. The van der Waals surface area contributed by atoms with Gasteiger partial charge in [-0.25, -0.2) is 4.52 Å². The maximum absolute atomic E-state index is 9.84. The molecule has 0 radical (unpaired) electrons. The molecule has 2 rings (SSSR count). The summed E-state index contributed by atoms with van der Waals surface area (Å²) in [4.78, 5) is 0. The van der Waals surface area contributed by atoms with Gasteiger partial charge >= 0.3 is 11.7 Å². The molecule has 0 aliphatic heterocycles. The molecule has 0 saturated heterocycles. The highest BCUT2D eigenvalue weighted by Gasteiger charge is 2.22. The molecule has 0 bridgehead atoms. The summed E-state index contributed by atoms with van der Waals surface area (Å²) < 4.78 is 7.56. The summed E-state index contributed by atoms with van der Waals surface area (Å²) in [5.41, 5.74) is 0.618. The quantitative estimate of drug-likeness (QED) is 0.806. The van der Waals surface area contributed by atoms with Crippen LogP contribution in [0.25, 0.3) is 11.5 Å². The third-order valence-corrected chi connectivity index (χ3v) is 2.91. The van der Waals surface area contributed by atoms with Crippen LogP contribution < -0.4 is 4.57 Å². The molecule has 0 saturated carbocycles. The second-order valence-electron chi connectivity index (χ2n) is 3.23. The van der Waals surface area contributed by atoms with Gasteiger partial charge in [0.15, 0.2) is 5.16 Å². The Morgan fingerprint density at radius 2 is 2.20 bits per heavy atom. The molecule has 0 fully saturated rings. The Hall–Kier alpha value is -1.36. The first-order chi connectivity index (χ1) is 7.11. The number of rotatable bonds is 1. The van der Waals surface area contributed by atoms with Crippen molar-refractivity contribution in [2.75, 3.05) is 0 Å². The minimum absolute atomic E-state index is 0.157. The maximum atomic E-state index is 9.84. The van der Waals surface area contributed by atoms with Gasteiger partial charge in [-0.1, -0.05) is 6.07 Å². The number of phenolic OH excluding ortho intramolecular Hbond substituents is 1. The largest absolute Gasteiger partial charge is 0.506 e. The van der Waals surface area contributed by atoms with E-state index in [1.165, 1.54) is 0 Å². The van der Waals surface area contributed by atoms with E-state index in [0.717, 1.165) is 5.82 Å². The lowest BCUT2D eigenvalue weighted by Crippen LogP contribution is -2.31. The summed E-state index contributed by atoms with van der Waals surface area (Å²) in [5.74, 6) is 1.44. The van der Waals surface area contributed by atoms with Gasteiger partial charge in [0.25, 0.3) is 0 Å². The normalized spacial score (nSPS) is 10.6. The second-order valence-corrected chi connectivity index (χ2v) is 4.08. The highest BCUT2D eigenvalue weighted by atomic mass is 79.9. The molecule has 15 heavy (non-hydrogen) atoms. The van der Waals surface area contributed by atoms with Gasteiger partial charge in [0.2, 0.25) is 0 Å². The second kappa shape index (κ2) is 3.66. The lowest BCUT2D eigenvalue weighted by Gasteiger charge is -2.00. The van der Waals surface area contributed by atoms with E-state index in [1.54, 1.807) is 16.7 Å². The molecular weight excluding hydrogens is 260 g/mol. The minimum Gasteiger partial charge on any atom is -0.506 e. The minimum atomic E-state index is 0.157. The molecule has 0 aliphatic rings. The number of para-hydroxylation sites is 1. The summed E-state index contributed by atoms with van der Waals surface area (Å²) in [6, 6.07) is 5.37. The van der Waals surface area contributed by atoms with E-state index in [-0.39, 0.29) is 5.75 Å². The first-order valence-electron chi connectivity index (χ1n) is 4.41. The molecular formula is C10H10BrN2O2+. The van der Waals surface area contributed by atoms with Crippen LogP contribution in [0.15, 0.2) is 27.2 Å². The van der Waals surface area contributed by atoms with E-state index in [9.17, 15) is 5.11 Å². The number of hydrogen-bond donors (Lipinski definition) is 1. The monoisotopic (exact) mass is 269 g/mol.